The van der Waals surface area contributed by atoms with Crippen LogP contribution in [0, 0.1) is 6.92 Å². The van der Waals surface area contributed by atoms with Crippen molar-refractivity contribution in [2.24, 2.45) is 5.84 Å². The number of aryl methyl sites for hydroxylation is 3. The van der Waals surface area contributed by atoms with Crippen LogP contribution in [0.1, 0.15) is 34.2 Å². The zero-order valence-corrected chi connectivity index (χ0v) is 13.2. The highest BCUT2D eigenvalue weighted by atomic mass is 32.1. The molecule has 0 bridgehead atoms. The third-order valence-corrected chi connectivity index (χ3v) is 4.86. The Morgan fingerprint density at radius 2 is 2.00 bits per heavy atom. The first kappa shape index (κ1) is 15.2. The first-order valence-corrected chi connectivity index (χ1v) is 8.12. The van der Waals surface area contributed by atoms with Crippen molar-refractivity contribution in [3.8, 4) is 0 Å². The molecule has 1 aromatic carbocycles. The predicted octanol–water partition coefficient (Wildman–Crippen LogP) is 3.63. The van der Waals surface area contributed by atoms with Gasteiger partial charge in [-0.25, -0.2) is 0 Å². The molecule has 0 radical (unpaired) electrons. The molecule has 0 fully saturated rings. The Morgan fingerprint density at radius 3 is 2.65 bits per heavy atom. The molecule has 0 spiro atoms. The van der Waals surface area contributed by atoms with Crippen molar-refractivity contribution in [2.45, 2.75) is 45.6 Å². The van der Waals surface area contributed by atoms with Crippen molar-refractivity contribution in [2.75, 3.05) is 0 Å². The fourth-order valence-corrected chi connectivity index (χ4v) is 3.46. The molecule has 1 unspecified atom stereocenters. The van der Waals surface area contributed by atoms with E-state index in [1.54, 1.807) is 0 Å². The van der Waals surface area contributed by atoms with Crippen LogP contribution in [0.5, 0.6) is 0 Å². The Morgan fingerprint density at radius 1 is 1.20 bits per heavy atom. The fraction of sp³-hybridized carbons (Fsp3) is 0.412. The minimum Gasteiger partial charge on any atom is -0.271 e. The lowest BCUT2D eigenvalue weighted by Gasteiger charge is -2.15. The van der Waals surface area contributed by atoms with Crippen molar-refractivity contribution in [3.63, 3.8) is 0 Å². The summed E-state index contributed by atoms with van der Waals surface area (Å²) in [6, 6.07) is 13.5. The highest BCUT2D eigenvalue weighted by molar-refractivity contribution is 7.11. The van der Waals surface area contributed by atoms with Crippen LogP contribution in [0.15, 0.2) is 36.4 Å². The van der Waals surface area contributed by atoms with Gasteiger partial charge >= 0.3 is 0 Å². The van der Waals surface area contributed by atoms with Gasteiger partial charge in [0, 0.05) is 15.8 Å². The van der Waals surface area contributed by atoms with E-state index in [1.807, 2.05) is 11.3 Å². The van der Waals surface area contributed by atoms with Gasteiger partial charge in [-0.05, 0) is 50.3 Å². The summed E-state index contributed by atoms with van der Waals surface area (Å²) in [6.07, 6.45) is 4.28. The van der Waals surface area contributed by atoms with E-state index in [0.717, 1.165) is 25.7 Å². The van der Waals surface area contributed by atoms with Gasteiger partial charge in [0.25, 0.3) is 0 Å². The normalized spacial score (nSPS) is 12.6. The summed E-state index contributed by atoms with van der Waals surface area (Å²) in [4.78, 5) is 2.88. The highest BCUT2D eigenvalue weighted by Gasteiger charge is 2.10. The van der Waals surface area contributed by atoms with Crippen LogP contribution >= 0.6 is 11.3 Å². The zero-order valence-electron chi connectivity index (χ0n) is 12.4. The summed E-state index contributed by atoms with van der Waals surface area (Å²) in [6.45, 7) is 4.34. The Hall–Kier alpha value is -1.16. The van der Waals surface area contributed by atoms with Crippen LogP contribution in [-0.4, -0.2) is 6.04 Å². The van der Waals surface area contributed by atoms with Crippen LogP contribution in [0.4, 0.5) is 0 Å². The molecule has 1 heterocycles. The molecule has 2 aromatic rings. The molecular formula is C17H24N2S. The van der Waals surface area contributed by atoms with Crippen LogP contribution < -0.4 is 11.3 Å². The SMILES string of the molecule is CCc1ccc(CC(CCc2cccc(C)c2)NN)s1. The molecule has 0 aliphatic rings. The number of hydrazine groups is 1. The van der Waals surface area contributed by atoms with E-state index >= 15 is 0 Å². The maximum atomic E-state index is 5.71. The largest absolute Gasteiger partial charge is 0.271 e. The predicted molar refractivity (Wildman–Crippen MR) is 88.0 cm³/mol. The molecule has 3 heteroatoms. The molecule has 3 N–H and O–H groups in total. The smallest absolute Gasteiger partial charge is 0.0261 e. The van der Waals surface area contributed by atoms with E-state index in [4.69, 9.17) is 5.84 Å². The summed E-state index contributed by atoms with van der Waals surface area (Å²) < 4.78 is 0. The number of rotatable bonds is 7. The van der Waals surface area contributed by atoms with Gasteiger partial charge in [0.2, 0.25) is 0 Å². The van der Waals surface area contributed by atoms with Gasteiger partial charge < -0.3 is 0 Å². The maximum absolute atomic E-state index is 5.71. The average Bonchev–Trinajstić information content (AvgIpc) is 2.91. The first-order valence-electron chi connectivity index (χ1n) is 7.30. The molecular weight excluding hydrogens is 264 g/mol. The minimum atomic E-state index is 0.346. The lowest BCUT2D eigenvalue weighted by molar-refractivity contribution is 0.494. The Balaban J connectivity index is 1.89. The van der Waals surface area contributed by atoms with E-state index in [9.17, 15) is 0 Å². The number of nitrogens with one attached hydrogen (secondary N) is 1. The molecule has 0 amide bonds. The molecule has 20 heavy (non-hydrogen) atoms. The van der Waals surface area contributed by atoms with E-state index in [0.29, 0.717) is 6.04 Å². The molecule has 0 aliphatic carbocycles. The first-order chi connectivity index (χ1) is 9.71. The molecule has 2 nitrogen and oxygen atoms in total. The molecule has 0 saturated heterocycles. The van der Waals surface area contributed by atoms with Gasteiger partial charge in [0.1, 0.15) is 0 Å². The van der Waals surface area contributed by atoms with Gasteiger partial charge in [-0.1, -0.05) is 36.8 Å². The summed E-state index contributed by atoms with van der Waals surface area (Å²) >= 11 is 1.91. The lowest BCUT2D eigenvalue weighted by atomic mass is 10.0. The standard InChI is InChI=1S/C17H24N2S/c1-3-16-9-10-17(20-16)12-15(19-18)8-7-14-6-4-5-13(2)11-14/h4-6,9-11,15,19H,3,7-8,12,18H2,1-2H3. The highest BCUT2D eigenvalue weighted by Crippen LogP contribution is 2.19. The van der Waals surface area contributed by atoms with Crippen molar-refractivity contribution in [1.29, 1.82) is 0 Å². The molecule has 1 atom stereocenters. The second-order valence-corrected chi connectivity index (χ2v) is 6.57. The van der Waals surface area contributed by atoms with Crippen molar-refractivity contribution in [1.82, 2.24) is 5.43 Å². The van der Waals surface area contributed by atoms with E-state index in [-0.39, 0.29) is 0 Å². The number of thiophene rings is 1. The van der Waals surface area contributed by atoms with Crippen molar-refractivity contribution >= 4 is 11.3 Å². The minimum absolute atomic E-state index is 0.346. The summed E-state index contributed by atoms with van der Waals surface area (Å²) in [5, 5.41) is 0. The van der Waals surface area contributed by atoms with E-state index in [1.165, 1.54) is 20.9 Å². The monoisotopic (exact) mass is 288 g/mol. The zero-order chi connectivity index (χ0) is 14.4. The average molecular weight is 288 g/mol. The quantitative estimate of drug-likeness (QED) is 0.603. The van der Waals surface area contributed by atoms with Crippen molar-refractivity contribution in [3.05, 3.63) is 57.3 Å². The second kappa shape index (κ2) is 7.58. The summed E-state index contributed by atoms with van der Waals surface area (Å²) in [5.74, 6) is 5.71. The summed E-state index contributed by atoms with van der Waals surface area (Å²) in [5.41, 5.74) is 5.69. The van der Waals surface area contributed by atoms with Gasteiger partial charge in [-0.2, -0.15) is 0 Å². The number of benzene rings is 1. The summed E-state index contributed by atoms with van der Waals surface area (Å²) in [7, 11) is 0. The number of nitrogens with two attached hydrogens (primary N) is 1. The van der Waals surface area contributed by atoms with E-state index in [2.05, 4.69) is 55.7 Å². The Labute approximate surface area is 126 Å². The van der Waals surface area contributed by atoms with Crippen LogP contribution in [-0.2, 0) is 19.3 Å². The Kier molecular flexibility index (Phi) is 5.77. The van der Waals surface area contributed by atoms with Crippen molar-refractivity contribution < 1.29 is 0 Å². The molecule has 0 saturated carbocycles. The molecule has 2 rings (SSSR count). The second-order valence-electron chi connectivity index (χ2n) is 5.32. The third kappa shape index (κ3) is 4.44. The van der Waals surface area contributed by atoms with Gasteiger partial charge in [-0.15, -0.1) is 11.3 Å². The van der Waals surface area contributed by atoms with E-state index < -0.39 is 0 Å². The molecule has 0 aliphatic heterocycles. The van der Waals surface area contributed by atoms with Crippen LogP contribution in [0.25, 0.3) is 0 Å². The number of hydrogen-bond acceptors (Lipinski definition) is 3. The van der Waals surface area contributed by atoms with Crippen LogP contribution in [0.3, 0.4) is 0 Å². The number of hydrogen-bond donors (Lipinski definition) is 2. The third-order valence-electron chi connectivity index (χ3n) is 3.61. The van der Waals surface area contributed by atoms with Gasteiger partial charge in [-0.3, -0.25) is 11.3 Å². The lowest BCUT2D eigenvalue weighted by Crippen LogP contribution is -2.36. The van der Waals surface area contributed by atoms with Gasteiger partial charge in [0.15, 0.2) is 0 Å². The van der Waals surface area contributed by atoms with Gasteiger partial charge in [0.05, 0.1) is 0 Å². The maximum Gasteiger partial charge on any atom is 0.0261 e. The molecule has 108 valence electrons. The van der Waals surface area contributed by atoms with Crippen LogP contribution in [0.2, 0.25) is 0 Å². The Bertz CT molecular complexity index is 533. The molecule has 1 aromatic heterocycles. The fourth-order valence-electron chi connectivity index (χ4n) is 2.42. The topological polar surface area (TPSA) is 38.0 Å².